The van der Waals surface area contributed by atoms with E-state index in [-0.39, 0.29) is 17.3 Å². The van der Waals surface area contributed by atoms with E-state index in [4.69, 9.17) is 4.74 Å². The zero-order valence-electron chi connectivity index (χ0n) is 10.5. The normalized spacial score (nSPS) is 16.1. The van der Waals surface area contributed by atoms with Gasteiger partial charge >= 0.3 is 5.97 Å². The van der Waals surface area contributed by atoms with E-state index in [0.29, 0.717) is 5.56 Å². The van der Waals surface area contributed by atoms with Crippen molar-refractivity contribution in [3.63, 3.8) is 0 Å². The minimum atomic E-state index is -0.521. The zero-order valence-corrected chi connectivity index (χ0v) is 10.5. The summed E-state index contributed by atoms with van der Waals surface area (Å²) in [5, 5.41) is 9.69. The summed E-state index contributed by atoms with van der Waals surface area (Å²) in [4.78, 5) is 16.0. The molecule has 0 fully saturated rings. The Labute approximate surface area is 115 Å². The molecule has 4 heteroatoms. The van der Waals surface area contributed by atoms with E-state index in [1.54, 1.807) is 24.3 Å². The summed E-state index contributed by atoms with van der Waals surface area (Å²) in [5.41, 5.74) is 1.43. The molecular weight excluding hydrogens is 254 g/mol. The lowest BCUT2D eigenvalue weighted by atomic mass is 10.1. The number of para-hydroxylation sites is 1. The summed E-state index contributed by atoms with van der Waals surface area (Å²) in [5.74, 6) is -0.152. The fourth-order valence-electron chi connectivity index (χ4n) is 1.87. The van der Waals surface area contributed by atoms with Gasteiger partial charge in [0.2, 0.25) is 5.90 Å². The number of ether oxygens (including phenoxy) is 1. The van der Waals surface area contributed by atoms with Crippen molar-refractivity contribution in [3.8, 4) is 5.75 Å². The van der Waals surface area contributed by atoms with Gasteiger partial charge in [-0.25, -0.2) is 9.79 Å². The molecule has 20 heavy (non-hydrogen) atoms. The van der Waals surface area contributed by atoms with Crippen LogP contribution in [0, 0.1) is 0 Å². The number of phenolic OH excluding ortho intramolecular Hbond substituents is 1. The van der Waals surface area contributed by atoms with Gasteiger partial charge in [0, 0.05) is 11.1 Å². The van der Waals surface area contributed by atoms with Crippen LogP contribution in [0.25, 0.3) is 6.08 Å². The number of hydrogen-bond donors (Lipinski definition) is 1. The molecule has 0 saturated heterocycles. The first-order valence-corrected chi connectivity index (χ1v) is 6.10. The molecule has 4 nitrogen and oxygen atoms in total. The maximum atomic E-state index is 11.8. The van der Waals surface area contributed by atoms with E-state index < -0.39 is 5.97 Å². The van der Waals surface area contributed by atoms with Gasteiger partial charge in [-0.05, 0) is 24.3 Å². The first-order valence-electron chi connectivity index (χ1n) is 6.10. The minimum absolute atomic E-state index is 0.0937. The van der Waals surface area contributed by atoms with Gasteiger partial charge in [-0.2, -0.15) is 0 Å². The topological polar surface area (TPSA) is 58.9 Å². The van der Waals surface area contributed by atoms with Crippen LogP contribution in [0.2, 0.25) is 0 Å². The number of carbonyl (C=O) groups excluding carboxylic acids is 1. The van der Waals surface area contributed by atoms with Crippen molar-refractivity contribution in [1.82, 2.24) is 0 Å². The zero-order chi connectivity index (χ0) is 13.9. The van der Waals surface area contributed by atoms with Gasteiger partial charge in [0.1, 0.15) is 5.75 Å². The highest BCUT2D eigenvalue weighted by Gasteiger charge is 2.24. The van der Waals surface area contributed by atoms with Crippen molar-refractivity contribution >= 4 is 17.9 Å². The van der Waals surface area contributed by atoms with E-state index >= 15 is 0 Å². The molecule has 1 aliphatic heterocycles. The number of hydrogen-bond acceptors (Lipinski definition) is 4. The molecule has 0 bridgehead atoms. The fraction of sp³-hybridized carbons (Fsp3) is 0. The van der Waals surface area contributed by atoms with Crippen molar-refractivity contribution < 1.29 is 14.6 Å². The highest BCUT2D eigenvalue weighted by molar-refractivity contribution is 6.12. The van der Waals surface area contributed by atoms with Crippen LogP contribution in [-0.2, 0) is 9.53 Å². The minimum Gasteiger partial charge on any atom is -0.507 e. The van der Waals surface area contributed by atoms with Crippen LogP contribution in [0.3, 0.4) is 0 Å². The highest BCUT2D eigenvalue weighted by atomic mass is 16.6. The first-order chi connectivity index (χ1) is 9.74. The summed E-state index contributed by atoms with van der Waals surface area (Å²) in [6.07, 6.45) is 1.51. The highest BCUT2D eigenvalue weighted by Crippen LogP contribution is 2.23. The van der Waals surface area contributed by atoms with Crippen LogP contribution in [0.4, 0.5) is 0 Å². The van der Waals surface area contributed by atoms with Gasteiger partial charge in [-0.1, -0.05) is 36.4 Å². The Morgan fingerprint density at radius 2 is 1.70 bits per heavy atom. The molecule has 3 rings (SSSR count). The number of esters is 1. The Morgan fingerprint density at radius 3 is 2.45 bits per heavy atom. The van der Waals surface area contributed by atoms with E-state index in [2.05, 4.69) is 4.99 Å². The van der Waals surface area contributed by atoms with Crippen LogP contribution in [-0.4, -0.2) is 17.0 Å². The number of phenols is 1. The van der Waals surface area contributed by atoms with E-state index in [9.17, 15) is 9.90 Å². The summed E-state index contributed by atoms with van der Waals surface area (Å²) in [6.45, 7) is 0. The molecule has 0 saturated carbocycles. The molecule has 0 unspecified atom stereocenters. The largest absolute Gasteiger partial charge is 0.507 e. The van der Waals surface area contributed by atoms with Gasteiger partial charge in [-0.3, -0.25) is 0 Å². The maximum Gasteiger partial charge on any atom is 0.363 e. The average molecular weight is 265 g/mol. The van der Waals surface area contributed by atoms with Gasteiger partial charge in [0.05, 0.1) is 0 Å². The Hall–Kier alpha value is -2.88. The molecular formula is C16H11NO3. The molecule has 1 N–H and O–H groups in total. The molecule has 0 radical (unpaired) electrons. The first kappa shape index (κ1) is 12.2. The molecule has 0 spiro atoms. The maximum absolute atomic E-state index is 11.8. The van der Waals surface area contributed by atoms with Crippen LogP contribution in [0.5, 0.6) is 5.75 Å². The van der Waals surface area contributed by atoms with Crippen molar-refractivity contribution in [2.75, 3.05) is 0 Å². The number of cyclic esters (lactones) is 1. The SMILES string of the molecule is O=C1OC(c2ccccc2)=N/C1=C\c1ccccc1O. The molecule has 2 aromatic carbocycles. The smallest absolute Gasteiger partial charge is 0.363 e. The van der Waals surface area contributed by atoms with Crippen LogP contribution in [0.15, 0.2) is 65.3 Å². The third kappa shape index (κ3) is 2.31. The van der Waals surface area contributed by atoms with Crippen molar-refractivity contribution in [3.05, 3.63) is 71.4 Å². The number of carbonyl (C=O) groups is 1. The van der Waals surface area contributed by atoms with E-state index in [0.717, 1.165) is 5.56 Å². The molecule has 0 amide bonds. The van der Waals surface area contributed by atoms with Gasteiger partial charge in [0.15, 0.2) is 5.70 Å². The van der Waals surface area contributed by atoms with Crippen LogP contribution >= 0.6 is 0 Å². The number of aromatic hydroxyl groups is 1. The number of rotatable bonds is 2. The second-order valence-electron chi connectivity index (χ2n) is 4.26. The van der Waals surface area contributed by atoms with Crippen molar-refractivity contribution in [2.24, 2.45) is 4.99 Å². The Balaban J connectivity index is 1.97. The number of benzene rings is 2. The Kier molecular flexibility index (Phi) is 3.05. The molecule has 98 valence electrons. The van der Waals surface area contributed by atoms with Crippen LogP contribution in [0.1, 0.15) is 11.1 Å². The van der Waals surface area contributed by atoms with E-state index in [1.807, 2.05) is 30.3 Å². The standard InChI is InChI=1S/C16H11NO3/c18-14-9-5-4-8-12(14)10-13-16(19)20-15(17-13)11-6-2-1-3-7-11/h1-10,18H/b13-10-. The summed E-state index contributed by atoms with van der Waals surface area (Å²) < 4.78 is 5.13. The van der Waals surface area contributed by atoms with Gasteiger partial charge in [-0.15, -0.1) is 0 Å². The van der Waals surface area contributed by atoms with Crippen molar-refractivity contribution in [2.45, 2.75) is 0 Å². The molecule has 1 heterocycles. The fourth-order valence-corrected chi connectivity index (χ4v) is 1.87. The Bertz CT molecular complexity index is 718. The number of aliphatic imine (C=N–C) groups is 1. The lowest BCUT2D eigenvalue weighted by Crippen LogP contribution is -2.04. The predicted molar refractivity (Wildman–Crippen MR) is 75.2 cm³/mol. The van der Waals surface area contributed by atoms with Gasteiger partial charge < -0.3 is 9.84 Å². The molecule has 2 aromatic rings. The molecule has 0 aromatic heterocycles. The quantitative estimate of drug-likeness (QED) is 0.671. The average Bonchev–Trinajstić information content (AvgIpc) is 2.84. The Morgan fingerprint density at radius 1 is 1.00 bits per heavy atom. The lowest BCUT2D eigenvalue weighted by molar-refractivity contribution is -0.129. The second-order valence-corrected chi connectivity index (χ2v) is 4.26. The van der Waals surface area contributed by atoms with E-state index in [1.165, 1.54) is 6.08 Å². The lowest BCUT2D eigenvalue weighted by Gasteiger charge is -1.97. The molecule has 0 aliphatic carbocycles. The summed E-state index contributed by atoms with van der Waals surface area (Å²) >= 11 is 0. The molecule has 1 aliphatic rings. The third-order valence-corrected chi connectivity index (χ3v) is 2.87. The van der Waals surface area contributed by atoms with Crippen molar-refractivity contribution in [1.29, 1.82) is 0 Å². The number of nitrogens with zero attached hydrogens (tertiary/aromatic N) is 1. The van der Waals surface area contributed by atoms with Crippen LogP contribution < -0.4 is 0 Å². The second kappa shape index (κ2) is 5.01. The monoisotopic (exact) mass is 265 g/mol. The molecule has 0 atom stereocenters. The predicted octanol–water partition coefficient (Wildman–Crippen LogP) is 2.74. The summed E-state index contributed by atoms with van der Waals surface area (Å²) in [7, 11) is 0. The van der Waals surface area contributed by atoms with Gasteiger partial charge in [0.25, 0.3) is 0 Å². The third-order valence-electron chi connectivity index (χ3n) is 2.87. The summed E-state index contributed by atoms with van der Waals surface area (Å²) in [6, 6.07) is 15.9.